The van der Waals surface area contributed by atoms with E-state index in [2.05, 4.69) is 10.0 Å². The van der Waals surface area contributed by atoms with Crippen molar-refractivity contribution in [3.8, 4) is 11.1 Å². The lowest BCUT2D eigenvalue weighted by Gasteiger charge is -2.22. The van der Waals surface area contributed by atoms with Crippen molar-refractivity contribution in [2.24, 2.45) is 5.92 Å². The highest BCUT2D eigenvalue weighted by Crippen LogP contribution is 2.26. The average Bonchev–Trinajstić information content (AvgIpc) is 2.68. The molecule has 1 saturated heterocycles. The highest BCUT2D eigenvalue weighted by molar-refractivity contribution is 7.89. The van der Waals surface area contributed by atoms with Gasteiger partial charge in [-0.05, 0) is 74.5 Å². The Bertz CT molecular complexity index is 999. The number of sulfonamides is 1. The summed E-state index contributed by atoms with van der Waals surface area (Å²) in [4.78, 5) is 12.6. The Hall–Kier alpha value is -2.09. The van der Waals surface area contributed by atoms with Crippen LogP contribution in [0.5, 0.6) is 0 Å². The molecule has 0 saturated carbocycles. The number of rotatable bonds is 7. The van der Waals surface area contributed by atoms with E-state index in [1.54, 1.807) is 13.0 Å². The largest absolute Gasteiger partial charge is 0.316 e. The number of piperidine rings is 1. The van der Waals surface area contributed by atoms with Crippen LogP contribution in [0.4, 0.5) is 4.39 Å². The molecule has 1 heterocycles. The number of nitrogens with one attached hydrogen (secondary N) is 2. The van der Waals surface area contributed by atoms with E-state index in [-0.39, 0.29) is 17.2 Å². The van der Waals surface area contributed by atoms with Gasteiger partial charge >= 0.3 is 0 Å². The first-order chi connectivity index (χ1) is 13.7. The van der Waals surface area contributed by atoms with E-state index in [1.807, 2.05) is 31.2 Å². The summed E-state index contributed by atoms with van der Waals surface area (Å²) in [5.41, 5.74) is 2.92. The van der Waals surface area contributed by atoms with Crippen LogP contribution >= 0.6 is 0 Å². The Labute approximate surface area is 171 Å². The SMILES string of the molecule is Cc1cccc(-c2cc(C)c(F)c(C(=O)CNS(=O)(=O)CC3CCCNC3)c2)c1. The zero-order chi connectivity index (χ0) is 21.0. The van der Waals surface area contributed by atoms with Crippen LogP contribution in [0.2, 0.25) is 0 Å². The fourth-order valence-electron chi connectivity index (χ4n) is 3.67. The van der Waals surface area contributed by atoms with Gasteiger partial charge in [0.1, 0.15) is 5.82 Å². The molecule has 1 atom stereocenters. The molecule has 2 aromatic carbocycles. The molecule has 7 heteroatoms. The quantitative estimate of drug-likeness (QED) is 0.677. The summed E-state index contributed by atoms with van der Waals surface area (Å²) in [6.45, 7) is 4.67. The number of carbonyl (C=O) groups excluding carboxylic acids is 1. The summed E-state index contributed by atoms with van der Waals surface area (Å²) in [6.07, 6.45) is 1.78. The first kappa shape index (κ1) is 21.6. The van der Waals surface area contributed by atoms with Crippen molar-refractivity contribution in [3.05, 3.63) is 58.9 Å². The molecule has 5 nitrogen and oxygen atoms in total. The molecule has 0 amide bonds. The number of aryl methyl sites for hydroxylation is 2. The van der Waals surface area contributed by atoms with Gasteiger partial charge in [-0.3, -0.25) is 4.79 Å². The second-order valence-corrected chi connectivity index (χ2v) is 9.61. The van der Waals surface area contributed by atoms with E-state index < -0.39 is 28.2 Å². The summed E-state index contributed by atoms with van der Waals surface area (Å²) in [5, 5.41) is 3.18. The van der Waals surface area contributed by atoms with Crippen LogP contribution in [-0.2, 0) is 10.0 Å². The zero-order valence-electron chi connectivity index (χ0n) is 16.8. The third kappa shape index (κ3) is 5.72. The second kappa shape index (κ2) is 9.15. The monoisotopic (exact) mass is 418 g/mol. The fourth-order valence-corrected chi connectivity index (χ4v) is 5.04. The van der Waals surface area contributed by atoms with Gasteiger partial charge in [-0.1, -0.05) is 29.8 Å². The van der Waals surface area contributed by atoms with Crippen LogP contribution in [0.3, 0.4) is 0 Å². The molecule has 0 radical (unpaired) electrons. The maximum absolute atomic E-state index is 14.6. The molecule has 1 unspecified atom stereocenters. The van der Waals surface area contributed by atoms with E-state index in [0.717, 1.165) is 36.1 Å². The predicted molar refractivity (Wildman–Crippen MR) is 113 cm³/mol. The van der Waals surface area contributed by atoms with E-state index in [4.69, 9.17) is 0 Å². The van der Waals surface area contributed by atoms with Gasteiger partial charge in [0.2, 0.25) is 10.0 Å². The minimum absolute atomic E-state index is 0.0278. The van der Waals surface area contributed by atoms with Gasteiger partial charge in [0, 0.05) is 0 Å². The van der Waals surface area contributed by atoms with E-state index in [1.165, 1.54) is 6.07 Å². The molecule has 0 bridgehead atoms. The maximum Gasteiger partial charge on any atom is 0.212 e. The Morgan fingerprint density at radius 2 is 2.00 bits per heavy atom. The smallest absolute Gasteiger partial charge is 0.212 e. The number of carbonyl (C=O) groups is 1. The molecule has 1 fully saturated rings. The van der Waals surface area contributed by atoms with Crippen molar-refractivity contribution in [1.82, 2.24) is 10.0 Å². The normalized spacial score (nSPS) is 17.3. The summed E-state index contributed by atoms with van der Waals surface area (Å²) in [5.74, 6) is -1.19. The molecular formula is C22H27FN2O3S. The second-order valence-electron chi connectivity index (χ2n) is 7.76. The molecule has 2 N–H and O–H groups in total. The van der Waals surface area contributed by atoms with Crippen molar-refractivity contribution >= 4 is 15.8 Å². The number of ketones is 1. The number of benzene rings is 2. The minimum atomic E-state index is -3.61. The Morgan fingerprint density at radius 3 is 2.69 bits per heavy atom. The van der Waals surface area contributed by atoms with Crippen LogP contribution < -0.4 is 10.0 Å². The fraction of sp³-hybridized carbons (Fsp3) is 0.409. The molecule has 2 aromatic rings. The molecular weight excluding hydrogens is 391 g/mol. The van der Waals surface area contributed by atoms with Crippen molar-refractivity contribution in [3.63, 3.8) is 0 Å². The number of hydrogen-bond acceptors (Lipinski definition) is 4. The van der Waals surface area contributed by atoms with Gasteiger partial charge in [0.05, 0.1) is 17.9 Å². The minimum Gasteiger partial charge on any atom is -0.316 e. The van der Waals surface area contributed by atoms with Gasteiger partial charge in [-0.15, -0.1) is 0 Å². The summed E-state index contributed by atoms with van der Waals surface area (Å²) in [6, 6.07) is 10.9. The van der Waals surface area contributed by atoms with Crippen molar-refractivity contribution in [2.45, 2.75) is 26.7 Å². The van der Waals surface area contributed by atoms with E-state index in [9.17, 15) is 17.6 Å². The lowest BCUT2D eigenvalue weighted by atomic mass is 9.97. The van der Waals surface area contributed by atoms with Crippen molar-refractivity contribution in [2.75, 3.05) is 25.4 Å². The van der Waals surface area contributed by atoms with Crippen LogP contribution in [0.25, 0.3) is 11.1 Å². The number of halogens is 1. The number of hydrogen-bond donors (Lipinski definition) is 2. The van der Waals surface area contributed by atoms with Crippen molar-refractivity contribution in [1.29, 1.82) is 0 Å². The van der Waals surface area contributed by atoms with E-state index >= 15 is 0 Å². The van der Waals surface area contributed by atoms with E-state index in [0.29, 0.717) is 12.1 Å². The Morgan fingerprint density at radius 1 is 1.21 bits per heavy atom. The molecule has 0 spiro atoms. The van der Waals surface area contributed by atoms with Gasteiger partial charge in [-0.25, -0.2) is 17.5 Å². The molecule has 1 aliphatic heterocycles. The highest BCUT2D eigenvalue weighted by atomic mass is 32.2. The Balaban J connectivity index is 1.74. The van der Waals surface area contributed by atoms with Crippen LogP contribution in [0.1, 0.15) is 34.3 Å². The predicted octanol–water partition coefficient (Wildman–Crippen LogP) is 3.21. The first-order valence-electron chi connectivity index (χ1n) is 9.83. The summed E-state index contributed by atoms with van der Waals surface area (Å²) in [7, 11) is -3.61. The molecule has 1 aliphatic rings. The zero-order valence-corrected chi connectivity index (χ0v) is 17.6. The van der Waals surface area contributed by atoms with Gasteiger partial charge < -0.3 is 5.32 Å². The first-order valence-corrected chi connectivity index (χ1v) is 11.5. The van der Waals surface area contributed by atoms with Crippen LogP contribution in [-0.4, -0.2) is 39.6 Å². The number of Topliss-reactive ketones (excluding diaryl/α,β-unsaturated/α-hetero) is 1. The average molecular weight is 419 g/mol. The lowest BCUT2D eigenvalue weighted by Crippen LogP contribution is -2.39. The lowest BCUT2D eigenvalue weighted by molar-refractivity contribution is 0.0993. The van der Waals surface area contributed by atoms with Gasteiger partial charge in [0.15, 0.2) is 5.78 Å². The molecule has 3 rings (SSSR count). The third-order valence-electron chi connectivity index (χ3n) is 5.21. The topological polar surface area (TPSA) is 75.3 Å². The van der Waals surface area contributed by atoms with Crippen molar-refractivity contribution < 1.29 is 17.6 Å². The summed E-state index contributed by atoms with van der Waals surface area (Å²) >= 11 is 0. The third-order valence-corrected chi connectivity index (χ3v) is 6.71. The van der Waals surface area contributed by atoms with Gasteiger partial charge in [-0.2, -0.15) is 0 Å². The van der Waals surface area contributed by atoms with Crippen LogP contribution in [0.15, 0.2) is 36.4 Å². The highest BCUT2D eigenvalue weighted by Gasteiger charge is 2.23. The molecule has 0 aromatic heterocycles. The standard InChI is InChI=1S/C22H27FN2O3S/c1-15-5-3-7-18(9-15)19-10-16(2)22(23)20(11-19)21(26)13-25-29(27,28)14-17-6-4-8-24-12-17/h3,5,7,9-11,17,24-25H,4,6,8,12-14H2,1-2H3. The Kier molecular flexibility index (Phi) is 6.82. The summed E-state index contributed by atoms with van der Waals surface area (Å²) < 4.78 is 41.6. The van der Waals surface area contributed by atoms with Gasteiger partial charge in [0.25, 0.3) is 0 Å². The molecule has 156 valence electrons. The molecule has 0 aliphatic carbocycles. The maximum atomic E-state index is 14.6. The van der Waals surface area contributed by atoms with Crippen LogP contribution in [0, 0.1) is 25.6 Å². The molecule has 29 heavy (non-hydrogen) atoms.